The van der Waals surface area contributed by atoms with Crippen molar-refractivity contribution in [2.24, 2.45) is 0 Å². The number of thiocarbonyl (C=S) groups is 1. The molecule has 2 aromatic carbocycles. The number of nitrogens with one attached hydrogen (secondary N) is 1. The molecule has 0 aromatic heterocycles. The van der Waals surface area contributed by atoms with Crippen LogP contribution in [0.1, 0.15) is 37.8 Å². The summed E-state index contributed by atoms with van der Waals surface area (Å²) in [6.45, 7) is 6.31. The molecule has 0 atom stereocenters. The van der Waals surface area contributed by atoms with Gasteiger partial charge < -0.3 is 14.8 Å². The van der Waals surface area contributed by atoms with E-state index in [2.05, 4.69) is 19.2 Å². The fourth-order valence-electron chi connectivity index (χ4n) is 3.14. The predicted octanol–water partition coefficient (Wildman–Crippen LogP) is 5.06. The first kappa shape index (κ1) is 23.8. The summed E-state index contributed by atoms with van der Waals surface area (Å²) in [5, 5.41) is 2.91. The van der Waals surface area contributed by atoms with Gasteiger partial charge in [0.25, 0.3) is 11.8 Å². The Bertz CT molecular complexity index is 1070. The Morgan fingerprint density at radius 3 is 2.59 bits per heavy atom. The molecule has 6 nitrogen and oxygen atoms in total. The van der Waals surface area contributed by atoms with E-state index in [-0.39, 0.29) is 24.3 Å². The van der Waals surface area contributed by atoms with Gasteiger partial charge in [-0.2, -0.15) is 0 Å². The molecule has 0 saturated carbocycles. The highest BCUT2D eigenvalue weighted by Crippen LogP contribution is 2.34. The summed E-state index contributed by atoms with van der Waals surface area (Å²) in [5.74, 6) is 0.869. The van der Waals surface area contributed by atoms with Gasteiger partial charge in [0.2, 0.25) is 0 Å². The van der Waals surface area contributed by atoms with E-state index in [1.165, 1.54) is 16.7 Å². The average Bonchev–Trinajstić information content (AvgIpc) is 3.00. The fraction of sp³-hybridized carbons (Fsp3) is 0.292. The third-order valence-electron chi connectivity index (χ3n) is 4.77. The highest BCUT2D eigenvalue weighted by atomic mass is 32.2. The van der Waals surface area contributed by atoms with E-state index in [4.69, 9.17) is 21.7 Å². The van der Waals surface area contributed by atoms with Crippen molar-refractivity contribution in [2.75, 3.05) is 25.6 Å². The van der Waals surface area contributed by atoms with Crippen LogP contribution in [0.2, 0.25) is 0 Å². The Labute approximate surface area is 198 Å². The van der Waals surface area contributed by atoms with Crippen molar-refractivity contribution >= 4 is 51.9 Å². The lowest BCUT2D eigenvalue weighted by Crippen LogP contribution is -2.22. The van der Waals surface area contributed by atoms with Crippen LogP contribution in [0.15, 0.2) is 47.4 Å². The molecule has 2 aromatic rings. The lowest BCUT2D eigenvalue weighted by Gasteiger charge is -2.15. The molecule has 1 aliphatic rings. The minimum Gasteiger partial charge on any atom is -0.490 e. The molecular formula is C24H26N2O4S2. The first-order valence-electron chi connectivity index (χ1n) is 10.3. The van der Waals surface area contributed by atoms with Gasteiger partial charge in [-0.3, -0.25) is 14.5 Å². The second kappa shape index (κ2) is 10.7. The molecule has 32 heavy (non-hydrogen) atoms. The Kier molecular flexibility index (Phi) is 7.93. The molecule has 0 radical (unpaired) electrons. The highest BCUT2D eigenvalue weighted by molar-refractivity contribution is 8.26. The first-order chi connectivity index (χ1) is 15.3. The van der Waals surface area contributed by atoms with E-state index in [0.29, 0.717) is 27.3 Å². The van der Waals surface area contributed by atoms with E-state index in [0.717, 1.165) is 16.8 Å². The van der Waals surface area contributed by atoms with Crippen molar-refractivity contribution < 1.29 is 19.1 Å². The molecule has 3 rings (SSSR count). The van der Waals surface area contributed by atoms with Crippen molar-refractivity contribution in [1.82, 2.24) is 4.90 Å². The number of anilines is 1. The quantitative estimate of drug-likeness (QED) is 0.430. The molecule has 1 fully saturated rings. The molecule has 168 valence electrons. The molecular weight excluding hydrogens is 444 g/mol. The minimum absolute atomic E-state index is 0.128. The maximum atomic E-state index is 12.5. The summed E-state index contributed by atoms with van der Waals surface area (Å²) in [6.07, 6.45) is 1.77. The third-order valence-corrected chi connectivity index (χ3v) is 6.25. The average molecular weight is 471 g/mol. The van der Waals surface area contributed by atoms with Crippen LogP contribution in [0, 0.1) is 0 Å². The molecule has 0 bridgehead atoms. The molecule has 1 saturated heterocycles. The number of para-hydroxylation sites is 1. The number of thioether (sulfide) groups is 1. The van der Waals surface area contributed by atoms with Crippen LogP contribution in [0.3, 0.4) is 0 Å². The van der Waals surface area contributed by atoms with Crippen LogP contribution in [-0.2, 0) is 9.59 Å². The van der Waals surface area contributed by atoms with Crippen LogP contribution < -0.4 is 14.8 Å². The van der Waals surface area contributed by atoms with Gasteiger partial charge >= 0.3 is 0 Å². The number of carbonyl (C=O) groups is 2. The second-order valence-corrected chi connectivity index (χ2v) is 9.13. The van der Waals surface area contributed by atoms with Gasteiger partial charge in [-0.1, -0.05) is 62.1 Å². The van der Waals surface area contributed by atoms with E-state index in [9.17, 15) is 9.59 Å². The number of hydrogen-bond donors (Lipinski definition) is 1. The summed E-state index contributed by atoms with van der Waals surface area (Å²) < 4.78 is 12.0. The lowest BCUT2D eigenvalue weighted by atomic mass is 10.0. The van der Waals surface area contributed by atoms with Crippen LogP contribution in [0.5, 0.6) is 11.5 Å². The number of ether oxygens (including phenoxy) is 2. The van der Waals surface area contributed by atoms with Gasteiger partial charge in [-0.15, -0.1) is 0 Å². The topological polar surface area (TPSA) is 67.9 Å². The predicted molar refractivity (Wildman–Crippen MR) is 133 cm³/mol. The highest BCUT2D eigenvalue weighted by Gasteiger charge is 2.28. The molecule has 1 heterocycles. The van der Waals surface area contributed by atoms with Crippen LogP contribution in [-0.4, -0.2) is 41.3 Å². The third kappa shape index (κ3) is 5.69. The maximum absolute atomic E-state index is 12.5. The van der Waals surface area contributed by atoms with Crippen molar-refractivity contribution in [1.29, 1.82) is 0 Å². The number of carbonyl (C=O) groups excluding carboxylic acids is 2. The Morgan fingerprint density at radius 2 is 1.94 bits per heavy atom. The van der Waals surface area contributed by atoms with E-state index in [1.807, 2.05) is 37.3 Å². The van der Waals surface area contributed by atoms with Crippen molar-refractivity contribution in [2.45, 2.75) is 26.7 Å². The van der Waals surface area contributed by atoms with Gasteiger partial charge in [-0.25, -0.2) is 0 Å². The normalized spacial score (nSPS) is 14.9. The number of hydrogen-bond acceptors (Lipinski definition) is 6. The number of benzene rings is 2. The van der Waals surface area contributed by atoms with Crippen LogP contribution >= 0.6 is 24.0 Å². The van der Waals surface area contributed by atoms with E-state index < -0.39 is 0 Å². The standard InChI is InChI=1S/C24H26N2O4S2/c1-5-29-20-12-16(13-21-23(28)26(4)24(31)32-21)10-11-19(20)30-14-22(27)25-18-9-7-6-8-17(18)15(2)3/h6-13,15H,5,14H2,1-4H3,(H,25,27)/b21-13-. The smallest absolute Gasteiger partial charge is 0.265 e. The zero-order valence-electron chi connectivity index (χ0n) is 18.5. The number of likely N-dealkylation sites (N-methyl/N-ethyl adjacent to an activating group) is 1. The van der Waals surface area contributed by atoms with Crippen LogP contribution in [0.25, 0.3) is 6.08 Å². The Morgan fingerprint density at radius 1 is 1.19 bits per heavy atom. The van der Waals surface area contributed by atoms with Crippen molar-refractivity contribution in [3.63, 3.8) is 0 Å². The molecule has 1 aliphatic heterocycles. The first-order valence-corrected chi connectivity index (χ1v) is 11.5. The van der Waals surface area contributed by atoms with Gasteiger partial charge in [0.1, 0.15) is 4.32 Å². The number of amides is 2. The largest absolute Gasteiger partial charge is 0.490 e. The summed E-state index contributed by atoms with van der Waals surface area (Å²) in [6, 6.07) is 13.1. The SMILES string of the molecule is CCOc1cc(/C=C2\SC(=S)N(C)C2=O)ccc1OCC(=O)Nc1ccccc1C(C)C. The van der Waals surface area contributed by atoms with E-state index >= 15 is 0 Å². The minimum atomic E-state index is -0.253. The van der Waals surface area contributed by atoms with Gasteiger partial charge in [0.05, 0.1) is 11.5 Å². The molecule has 0 aliphatic carbocycles. The zero-order valence-corrected chi connectivity index (χ0v) is 20.1. The zero-order chi connectivity index (χ0) is 23.3. The Balaban J connectivity index is 1.71. The summed E-state index contributed by atoms with van der Waals surface area (Å²) in [7, 11) is 1.66. The monoisotopic (exact) mass is 470 g/mol. The summed E-state index contributed by atoms with van der Waals surface area (Å²) >= 11 is 6.43. The second-order valence-electron chi connectivity index (χ2n) is 7.46. The lowest BCUT2D eigenvalue weighted by molar-refractivity contribution is -0.121. The number of rotatable bonds is 8. The molecule has 2 amide bonds. The molecule has 0 spiro atoms. The molecule has 0 unspecified atom stereocenters. The fourth-order valence-corrected chi connectivity index (χ4v) is 4.32. The Hall–Kier alpha value is -2.84. The maximum Gasteiger partial charge on any atom is 0.265 e. The van der Waals surface area contributed by atoms with Crippen LogP contribution in [0.4, 0.5) is 5.69 Å². The summed E-state index contributed by atoms with van der Waals surface area (Å²) in [5.41, 5.74) is 2.63. The van der Waals surface area contributed by atoms with Gasteiger partial charge in [-0.05, 0) is 48.2 Å². The number of nitrogens with zero attached hydrogens (tertiary/aromatic N) is 1. The van der Waals surface area contributed by atoms with Gasteiger partial charge in [0.15, 0.2) is 18.1 Å². The van der Waals surface area contributed by atoms with Crippen molar-refractivity contribution in [3.05, 3.63) is 58.5 Å². The van der Waals surface area contributed by atoms with Crippen molar-refractivity contribution in [3.8, 4) is 11.5 Å². The molecule has 1 N–H and O–H groups in total. The van der Waals surface area contributed by atoms with E-state index in [1.54, 1.807) is 25.3 Å². The molecule has 8 heteroatoms. The van der Waals surface area contributed by atoms with Gasteiger partial charge in [0, 0.05) is 12.7 Å². The summed E-state index contributed by atoms with van der Waals surface area (Å²) in [4.78, 5) is 26.7.